The van der Waals surface area contributed by atoms with Crippen LogP contribution >= 0.6 is 11.6 Å². The molecule has 1 unspecified atom stereocenters. The van der Waals surface area contributed by atoms with Crippen molar-refractivity contribution in [1.82, 2.24) is 9.78 Å². The van der Waals surface area contributed by atoms with Crippen molar-refractivity contribution in [3.63, 3.8) is 0 Å². The van der Waals surface area contributed by atoms with Gasteiger partial charge < -0.3 is 33.7 Å². The molecule has 6 rings (SSSR count). The zero-order valence-electron chi connectivity index (χ0n) is 26.2. The van der Waals surface area contributed by atoms with Gasteiger partial charge in [-0.2, -0.15) is 0 Å². The van der Waals surface area contributed by atoms with Crippen LogP contribution in [-0.4, -0.2) is 62.5 Å². The highest BCUT2D eigenvalue weighted by atomic mass is 35.5. The minimum absolute atomic E-state index is 0.00984. The number of H-pyrrole nitrogens is 1. The first-order chi connectivity index (χ1) is 21.5. The maximum Gasteiger partial charge on any atom is 0.270 e. The van der Waals surface area contributed by atoms with Gasteiger partial charge in [0, 0.05) is 40.9 Å². The van der Waals surface area contributed by atoms with Gasteiger partial charge in [-0.15, -0.1) is 0 Å². The topological polar surface area (TPSA) is 139 Å². The summed E-state index contributed by atoms with van der Waals surface area (Å²) in [6.07, 6.45) is 0.237. The lowest BCUT2D eigenvalue weighted by atomic mass is 9.66. The third-order valence-electron chi connectivity index (χ3n) is 8.90. The van der Waals surface area contributed by atoms with Crippen molar-refractivity contribution in [2.24, 2.45) is 5.92 Å². The summed E-state index contributed by atoms with van der Waals surface area (Å²) in [6.45, 7) is 5.65. The summed E-state index contributed by atoms with van der Waals surface area (Å²) in [5.74, 6) is -0.765. The average molecular weight is 640 g/mol. The van der Waals surface area contributed by atoms with Crippen LogP contribution in [0.15, 0.2) is 34.3 Å². The van der Waals surface area contributed by atoms with Crippen LogP contribution in [0.4, 0.5) is 5.82 Å². The summed E-state index contributed by atoms with van der Waals surface area (Å²) in [7, 11) is 7.31. The van der Waals surface area contributed by atoms with Crippen LogP contribution in [0.25, 0.3) is 0 Å². The molecule has 0 amide bonds. The number of fused-ring (bicyclic) bond motifs is 2. The van der Waals surface area contributed by atoms with Gasteiger partial charge in [-0.1, -0.05) is 18.5 Å². The molecule has 45 heavy (non-hydrogen) atoms. The molecule has 1 aromatic heterocycles. The second-order valence-corrected chi connectivity index (χ2v) is 11.8. The number of Topliss-reactive ketones (excluding diaryl/α,β-unsaturated/α-hetero) is 2. The van der Waals surface area contributed by atoms with E-state index < -0.39 is 34.6 Å². The number of ether oxygens (including phenoxy) is 6. The number of hydrogen-bond donors (Lipinski definition) is 2. The standard InChI is InChI=1S/C32H34ClN3O9/c1-13(2)36-30-25(31(39)35-36)22(15-10-18(41-5)19(42-6)11-17(15)40-4)23-16(34-30)9-14(3)32(28(23)37)29(38)24-20(43-7)12-21(44-8)26(33)27(24)45-32/h10-14,22,34H,9H2,1-8H3,(H,35,39)/t14-,22?,32+/m1/s1. The molecule has 12 nitrogen and oxygen atoms in total. The summed E-state index contributed by atoms with van der Waals surface area (Å²) in [5, 5.41) is 6.33. The Balaban J connectivity index is 1.63. The van der Waals surface area contributed by atoms with Crippen LogP contribution in [0, 0.1) is 5.92 Å². The number of halogens is 1. The van der Waals surface area contributed by atoms with Gasteiger partial charge in [0.2, 0.25) is 17.2 Å². The fraction of sp³-hybridized carbons (Fsp3) is 0.406. The maximum absolute atomic E-state index is 15.1. The number of aromatic amines is 1. The lowest BCUT2D eigenvalue weighted by Gasteiger charge is -2.42. The number of nitrogens with zero attached hydrogens (tertiary/aromatic N) is 1. The van der Waals surface area contributed by atoms with Gasteiger partial charge in [0.1, 0.15) is 33.7 Å². The smallest absolute Gasteiger partial charge is 0.270 e. The van der Waals surface area contributed by atoms with E-state index in [0.717, 1.165) is 0 Å². The van der Waals surface area contributed by atoms with Crippen LogP contribution in [0.2, 0.25) is 5.02 Å². The number of nitrogens with one attached hydrogen (secondary N) is 2. The van der Waals surface area contributed by atoms with Gasteiger partial charge in [-0.05, 0) is 26.3 Å². The molecular weight excluding hydrogens is 606 g/mol. The third-order valence-corrected chi connectivity index (χ3v) is 9.26. The monoisotopic (exact) mass is 639 g/mol. The summed E-state index contributed by atoms with van der Waals surface area (Å²) in [5.41, 5.74) is -0.830. The molecule has 3 heterocycles. The number of rotatable bonds is 7. The van der Waals surface area contributed by atoms with E-state index in [1.54, 1.807) is 23.7 Å². The highest BCUT2D eigenvalue weighted by Crippen LogP contribution is 2.57. The second-order valence-electron chi connectivity index (χ2n) is 11.5. The molecule has 13 heteroatoms. The number of benzene rings is 2. The van der Waals surface area contributed by atoms with E-state index in [1.165, 1.54) is 41.6 Å². The van der Waals surface area contributed by atoms with Gasteiger partial charge in [0.05, 0.1) is 47.0 Å². The highest BCUT2D eigenvalue weighted by Gasteiger charge is 2.64. The Bertz CT molecular complexity index is 1860. The molecule has 0 saturated carbocycles. The zero-order valence-corrected chi connectivity index (χ0v) is 26.9. The van der Waals surface area contributed by atoms with E-state index in [1.807, 2.05) is 13.8 Å². The number of ketones is 2. The van der Waals surface area contributed by atoms with Crippen molar-refractivity contribution in [2.45, 2.75) is 44.8 Å². The van der Waals surface area contributed by atoms with E-state index in [9.17, 15) is 9.59 Å². The van der Waals surface area contributed by atoms with Crippen LogP contribution in [0.5, 0.6) is 34.5 Å². The summed E-state index contributed by atoms with van der Waals surface area (Å²) < 4.78 is 36.0. The van der Waals surface area contributed by atoms with E-state index in [2.05, 4.69) is 10.4 Å². The Hall–Kier alpha value is -4.58. The molecule has 238 valence electrons. The Morgan fingerprint density at radius 1 is 0.889 bits per heavy atom. The second kappa shape index (κ2) is 10.8. The molecule has 0 radical (unpaired) electrons. The number of aromatic nitrogens is 2. The summed E-state index contributed by atoms with van der Waals surface area (Å²) in [4.78, 5) is 43.3. The fourth-order valence-corrected chi connectivity index (χ4v) is 7.01. The first kappa shape index (κ1) is 30.4. The van der Waals surface area contributed by atoms with Gasteiger partial charge in [-0.25, -0.2) is 0 Å². The zero-order chi connectivity index (χ0) is 32.5. The number of carbonyl (C=O) groups is 2. The lowest BCUT2D eigenvalue weighted by Crippen LogP contribution is -2.58. The van der Waals surface area contributed by atoms with Gasteiger partial charge >= 0.3 is 0 Å². The van der Waals surface area contributed by atoms with Crippen LogP contribution in [-0.2, 0) is 4.79 Å². The molecule has 3 aliphatic rings. The minimum atomic E-state index is -1.99. The Morgan fingerprint density at radius 3 is 2.09 bits per heavy atom. The van der Waals surface area contributed by atoms with Crippen LogP contribution in [0.1, 0.15) is 60.6 Å². The van der Waals surface area contributed by atoms with Crippen molar-refractivity contribution in [1.29, 1.82) is 0 Å². The minimum Gasteiger partial charge on any atom is -0.496 e. The molecule has 0 bridgehead atoms. The summed E-state index contributed by atoms with van der Waals surface area (Å²) in [6, 6.07) is 4.69. The van der Waals surface area contributed by atoms with Crippen molar-refractivity contribution in [3.8, 4) is 34.5 Å². The van der Waals surface area contributed by atoms with Crippen molar-refractivity contribution in [2.75, 3.05) is 40.9 Å². The van der Waals surface area contributed by atoms with Crippen molar-refractivity contribution >= 4 is 29.0 Å². The van der Waals surface area contributed by atoms with Crippen molar-refractivity contribution in [3.05, 3.63) is 61.5 Å². The predicted molar refractivity (Wildman–Crippen MR) is 165 cm³/mol. The van der Waals surface area contributed by atoms with Gasteiger partial charge in [0.25, 0.3) is 5.56 Å². The molecule has 0 fully saturated rings. The van der Waals surface area contributed by atoms with E-state index >= 15 is 4.79 Å². The van der Waals surface area contributed by atoms with Crippen LogP contribution in [0.3, 0.4) is 0 Å². The van der Waals surface area contributed by atoms with E-state index in [0.29, 0.717) is 34.3 Å². The Morgan fingerprint density at radius 2 is 1.49 bits per heavy atom. The molecular formula is C32H34ClN3O9. The Kier molecular flexibility index (Phi) is 7.30. The summed E-state index contributed by atoms with van der Waals surface area (Å²) >= 11 is 6.65. The average Bonchev–Trinajstić information content (AvgIpc) is 3.53. The number of carbonyl (C=O) groups excluding carboxylic acids is 2. The normalized spacial score (nSPS) is 21.6. The quantitative estimate of drug-likeness (QED) is 0.344. The molecule has 3 atom stereocenters. The Labute approximate surface area is 264 Å². The predicted octanol–water partition coefficient (Wildman–Crippen LogP) is 4.89. The molecule has 1 spiro atoms. The number of allylic oxidation sites excluding steroid dienone is 1. The first-order valence-electron chi connectivity index (χ1n) is 14.4. The molecule has 2 aliphatic heterocycles. The SMILES string of the molecule is COc1cc(OC)c(C2C3=C(C[C@@H](C)[C@]4(Oc5c(Cl)c(OC)cc(OC)c5C4=O)C3=O)Nc3c2c(=O)[nH]n3C(C)C)cc1OC. The van der Waals surface area contributed by atoms with Crippen LogP contribution < -0.4 is 39.3 Å². The number of anilines is 1. The highest BCUT2D eigenvalue weighted by molar-refractivity contribution is 6.36. The molecule has 2 aromatic carbocycles. The van der Waals surface area contributed by atoms with Gasteiger partial charge in [0.15, 0.2) is 17.2 Å². The van der Waals surface area contributed by atoms with E-state index in [4.69, 9.17) is 40.0 Å². The van der Waals surface area contributed by atoms with Gasteiger partial charge in [-0.3, -0.25) is 24.2 Å². The first-order valence-corrected chi connectivity index (χ1v) is 14.7. The lowest BCUT2D eigenvalue weighted by molar-refractivity contribution is -0.130. The van der Waals surface area contributed by atoms with Crippen molar-refractivity contribution < 1.29 is 38.0 Å². The fourth-order valence-electron chi connectivity index (χ4n) is 6.74. The molecule has 3 aromatic rings. The number of methoxy groups -OCH3 is 5. The molecule has 2 N–H and O–H groups in total. The van der Waals surface area contributed by atoms with E-state index in [-0.39, 0.29) is 51.4 Å². The molecule has 1 aliphatic carbocycles. The third kappa shape index (κ3) is 4.07. The largest absolute Gasteiger partial charge is 0.496 e. The maximum atomic E-state index is 15.1. The number of hydrogen-bond acceptors (Lipinski definition) is 10. The molecule has 0 saturated heterocycles.